The first-order valence-corrected chi connectivity index (χ1v) is 25.0. The van der Waals surface area contributed by atoms with Crippen molar-refractivity contribution in [1.82, 2.24) is 30.2 Å². The van der Waals surface area contributed by atoms with Crippen LogP contribution >= 0.6 is 0 Å². The quantitative estimate of drug-likeness (QED) is 0.0365. The maximum Gasteiger partial charge on any atom is 0.269 e. The Morgan fingerprint density at radius 2 is 1.60 bits per heavy atom. The molecule has 3 aromatic carbocycles. The van der Waals surface area contributed by atoms with Gasteiger partial charge in [0.15, 0.2) is 5.54 Å². The third-order valence-corrected chi connectivity index (χ3v) is 13.3. The number of hydrogen-bond acceptors (Lipinski definition) is 12. The van der Waals surface area contributed by atoms with Crippen LogP contribution in [0.1, 0.15) is 79.3 Å². The Morgan fingerprint density at radius 3 is 2.31 bits per heavy atom. The minimum Gasteiger partial charge on any atom is -0.456 e. The highest BCUT2D eigenvalue weighted by molar-refractivity contribution is 7.86. The minimum atomic E-state index is -4.36. The molecule has 18 heteroatoms. The molecule has 3 N–H and O–H groups in total. The Hall–Kier alpha value is -6.02. The maximum absolute atomic E-state index is 13.3. The van der Waals surface area contributed by atoms with Crippen molar-refractivity contribution in [3.63, 3.8) is 0 Å². The summed E-state index contributed by atoms with van der Waals surface area (Å²) in [6, 6.07) is 15.2. The Bertz CT molecular complexity index is 2920. The zero-order valence-electron chi connectivity index (χ0n) is 41.0. The zero-order chi connectivity index (χ0) is 50.2. The second kappa shape index (κ2) is 22.4. The molecule has 4 heterocycles. The molecule has 3 aliphatic heterocycles. The van der Waals surface area contributed by atoms with Gasteiger partial charge in [-0.3, -0.25) is 14.1 Å². The average Bonchev–Trinajstić information content (AvgIpc) is 3.77. The molecule has 7 rings (SSSR count). The summed E-state index contributed by atoms with van der Waals surface area (Å²) in [6.07, 6.45) is 9.71. The predicted octanol–water partition coefficient (Wildman–Crippen LogP) is 4.22. The van der Waals surface area contributed by atoms with Crippen LogP contribution in [0.4, 0.5) is 5.69 Å². The number of benzene rings is 3. The van der Waals surface area contributed by atoms with E-state index < -0.39 is 21.4 Å². The molecular weight excluding hydrogens is 915 g/mol. The fourth-order valence-electron chi connectivity index (χ4n) is 8.47. The predicted molar refractivity (Wildman–Crippen MR) is 268 cm³/mol. The van der Waals surface area contributed by atoms with Crippen molar-refractivity contribution in [3.05, 3.63) is 130 Å². The van der Waals surface area contributed by atoms with Gasteiger partial charge in [0.2, 0.25) is 11.3 Å². The summed E-state index contributed by atoms with van der Waals surface area (Å²) in [5.74, 6) is 0.329. The number of fused-ring (bicyclic) bond motifs is 4. The molecule has 0 aliphatic carbocycles. The number of hydrogen-bond donors (Lipinski definition) is 3. The highest BCUT2D eigenvalue weighted by Crippen LogP contribution is 2.46. The van der Waals surface area contributed by atoms with Crippen LogP contribution in [-0.2, 0) is 47.0 Å². The maximum atomic E-state index is 13.3. The van der Waals surface area contributed by atoms with Crippen LogP contribution in [-0.4, -0.2) is 130 Å². The van der Waals surface area contributed by atoms with Gasteiger partial charge in [0.05, 0.1) is 82.8 Å². The number of nitrogens with one attached hydrogen (secondary N) is 2. The van der Waals surface area contributed by atoms with Gasteiger partial charge < -0.3 is 39.2 Å². The highest BCUT2D eigenvalue weighted by Gasteiger charge is 2.36. The van der Waals surface area contributed by atoms with Crippen LogP contribution in [0.15, 0.2) is 79.0 Å². The molecule has 0 saturated heterocycles. The second-order valence-electron chi connectivity index (χ2n) is 18.4. The lowest BCUT2D eigenvalue weighted by molar-refractivity contribution is -0.122. The van der Waals surface area contributed by atoms with Gasteiger partial charge in [-0.15, -0.1) is 5.10 Å². The van der Waals surface area contributed by atoms with E-state index in [1.54, 1.807) is 23.0 Å². The van der Waals surface area contributed by atoms with Crippen molar-refractivity contribution in [1.29, 1.82) is 0 Å². The Morgan fingerprint density at radius 1 is 0.886 bits per heavy atom. The van der Waals surface area contributed by atoms with E-state index in [-0.39, 0.29) is 30.4 Å². The summed E-state index contributed by atoms with van der Waals surface area (Å²) < 4.78 is 67.6. The van der Waals surface area contributed by atoms with Crippen LogP contribution < -0.4 is 35.4 Å². The molecule has 4 aromatic rings. The largest absolute Gasteiger partial charge is 0.456 e. The van der Waals surface area contributed by atoms with Crippen LogP contribution in [0.2, 0.25) is 0 Å². The first-order chi connectivity index (χ1) is 33.3. The van der Waals surface area contributed by atoms with Gasteiger partial charge in [0.1, 0.15) is 30.0 Å². The molecule has 0 spiro atoms. The summed E-state index contributed by atoms with van der Waals surface area (Å²) in [5, 5.41) is 15.4. The standard InChI is InChI=1S/C52H63N7O10S/c1-9-10-16-53-48(60)15-19-68-33-39-32-59(56-55-39)18-21-66-23-25-67-24-22-65-20-17-54-50(61)37-13-11-36(12-14-37)49-42-26-40-35(2)30-51(3,4)57(7)44(40)28-46(42)69-47-29-45-41(27-43(47)49)38(34-70(62,63)64)31-52(5,6)58(45)8/h2,9-14,26-32H,15-25,33-34H2,1,3-8H3,(H2-,53,54,60,61,62,63,64)/p+1/b10-9+. The second-order valence-corrected chi connectivity index (χ2v) is 19.9. The van der Waals surface area contributed by atoms with E-state index in [0.29, 0.717) is 105 Å². The number of allylic oxidation sites excluding steroid dienone is 2. The summed E-state index contributed by atoms with van der Waals surface area (Å²) >= 11 is 0. The first kappa shape index (κ1) is 51.8. The van der Waals surface area contributed by atoms with Crippen LogP contribution in [0.3, 0.4) is 0 Å². The van der Waals surface area contributed by atoms with Gasteiger partial charge in [-0.1, -0.05) is 35.6 Å². The molecule has 0 bridgehead atoms. The number of amides is 2. The van der Waals surface area contributed by atoms with Gasteiger partial charge in [-0.2, -0.15) is 8.42 Å². The Labute approximate surface area is 410 Å². The molecule has 2 amide bonds. The van der Waals surface area contributed by atoms with E-state index in [2.05, 4.69) is 44.3 Å². The lowest BCUT2D eigenvalue weighted by Gasteiger charge is -2.41. The van der Waals surface area contributed by atoms with E-state index in [4.69, 9.17) is 30.6 Å². The minimum absolute atomic E-state index is 0.0674. The molecule has 2 radical (unpaired) electrons. The molecule has 0 atom stereocenters. The average molecular weight is 979 g/mol. The van der Waals surface area contributed by atoms with Gasteiger partial charge in [-0.05, 0) is 74.7 Å². The van der Waals surface area contributed by atoms with E-state index in [9.17, 15) is 22.6 Å². The van der Waals surface area contributed by atoms with E-state index in [1.807, 2.05) is 95.6 Å². The normalized spacial score (nSPS) is 15.6. The molecule has 1 aromatic heterocycles. The number of rotatable bonds is 23. The number of nitrogens with zero attached hydrogens (tertiary/aromatic N) is 5. The van der Waals surface area contributed by atoms with Gasteiger partial charge in [-0.25, -0.2) is 9.26 Å². The van der Waals surface area contributed by atoms with Gasteiger partial charge >= 0.3 is 0 Å². The lowest BCUT2D eigenvalue weighted by Crippen LogP contribution is -2.47. The fraction of sp³-hybridized carbons (Fsp3) is 0.423. The van der Waals surface area contributed by atoms with Crippen molar-refractivity contribution >= 4 is 44.3 Å². The summed E-state index contributed by atoms with van der Waals surface area (Å²) in [7, 11) is -0.394. The van der Waals surface area contributed by atoms with Gasteiger partial charge in [0.25, 0.3) is 16.0 Å². The Balaban J connectivity index is 0.920. The monoisotopic (exact) mass is 978 g/mol. The first-order valence-electron chi connectivity index (χ1n) is 23.4. The SMILES string of the molecule is [CH]C1=CC(C)(C)N(C)c2cc3c(cc21)C(c1ccc(C(=O)NCCOCCOCCOCCn2cc(COCCC(=O)NC/C=C/C)nn2)cc1)=c1cc2c(cc1O3)=[N+](C)C(C)(C)C=C2CS(=O)(=O)O. The number of ether oxygens (including phenoxy) is 5. The smallest absolute Gasteiger partial charge is 0.269 e. The molecular formula is C52H64N7O10S+. The van der Waals surface area contributed by atoms with Gasteiger partial charge in [0, 0.05) is 79.6 Å². The van der Waals surface area contributed by atoms with Crippen molar-refractivity contribution in [3.8, 4) is 11.5 Å². The highest BCUT2D eigenvalue weighted by atomic mass is 32.2. The summed E-state index contributed by atoms with van der Waals surface area (Å²) in [4.78, 5) is 27.2. The number of carbonyl (C=O) groups excluding carboxylic acids is 2. The number of carbonyl (C=O) groups is 2. The lowest BCUT2D eigenvalue weighted by atomic mass is 9.84. The number of anilines is 1. The third kappa shape index (κ3) is 12.6. The molecule has 0 fully saturated rings. The van der Waals surface area contributed by atoms with E-state index in [1.165, 1.54) is 0 Å². The molecule has 0 unspecified atom stereocenters. The fourth-order valence-corrected chi connectivity index (χ4v) is 9.10. The van der Waals surface area contributed by atoms with E-state index in [0.717, 1.165) is 38.5 Å². The molecule has 372 valence electrons. The number of likely N-dealkylation sites (N-methyl/N-ethyl adjacent to an activating group) is 2. The summed E-state index contributed by atoms with van der Waals surface area (Å²) in [6.45, 7) is 20.9. The topological polar surface area (TPSA) is 196 Å². The van der Waals surface area contributed by atoms with Crippen LogP contribution in [0.25, 0.3) is 16.7 Å². The van der Waals surface area contributed by atoms with Crippen molar-refractivity contribution in [2.24, 2.45) is 0 Å². The third-order valence-electron chi connectivity index (χ3n) is 12.6. The van der Waals surface area contributed by atoms with Crippen LogP contribution in [0, 0.1) is 6.92 Å². The van der Waals surface area contributed by atoms with Crippen molar-refractivity contribution in [2.45, 2.75) is 65.3 Å². The van der Waals surface area contributed by atoms with Crippen molar-refractivity contribution < 1.29 is 46.2 Å². The molecule has 17 nitrogen and oxygen atoms in total. The van der Waals surface area contributed by atoms with E-state index >= 15 is 0 Å². The summed E-state index contributed by atoms with van der Waals surface area (Å²) in [5.41, 5.74) is 6.17. The van der Waals surface area contributed by atoms with Crippen molar-refractivity contribution in [2.75, 3.05) is 84.1 Å². The number of aromatic nitrogens is 3. The molecule has 3 aliphatic rings. The van der Waals surface area contributed by atoms with Crippen LogP contribution in [0.5, 0.6) is 11.5 Å². The Kier molecular flexibility index (Phi) is 16.6. The molecule has 0 saturated carbocycles. The molecule has 70 heavy (non-hydrogen) atoms. The zero-order valence-corrected chi connectivity index (χ0v) is 41.9.